The van der Waals surface area contributed by atoms with Crippen LogP contribution in [0.2, 0.25) is 0 Å². The van der Waals surface area contributed by atoms with Gasteiger partial charge in [-0.3, -0.25) is 9.59 Å². The third kappa shape index (κ3) is 4.81. The van der Waals surface area contributed by atoms with Gasteiger partial charge >= 0.3 is 5.97 Å². The number of methoxy groups -OCH3 is 1. The lowest BCUT2D eigenvalue weighted by molar-refractivity contribution is -0.140. The van der Waals surface area contributed by atoms with E-state index in [1.54, 1.807) is 0 Å². The molecule has 0 aromatic heterocycles. The molecule has 23 heavy (non-hydrogen) atoms. The van der Waals surface area contributed by atoms with E-state index in [-0.39, 0.29) is 5.97 Å². The number of hydrogen-bond donors (Lipinski definition) is 0. The van der Waals surface area contributed by atoms with Crippen molar-refractivity contribution < 1.29 is 14.3 Å². The number of carbonyl (C=O) groups is 2. The summed E-state index contributed by atoms with van der Waals surface area (Å²) in [5, 5.41) is -0.531. The van der Waals surface area contributed by atoms with Crippen molar-refractivity contribution in [1.82, 2.24) is 0 Å². The summed E-state index contributed by atoms with van der Waals surface area (Å²) in [5.74, 6) is -0.352. The average Bonchev–Trinajstić information content (AvgIpc) is 2.59. The molecule has 0 spiro atoms. The number of hydrogen-bond acceptors (Lipinski definition) is 4. The minimum Gasteiger partial charge on any atom is -0.468 e. The first-order chi connectivity index (χ1) is 11.2. The van der Waals surface area contributed by atoms with Gasteiger partial charge in [0.1, 0.15) is 11.5 Å². The van der Waals surface area contributed by atoms with E-state index in [0.29, 0.717) is 4.91 Å². The molecule has 2 aromatic rings. The number of halogens is 1. The Morgan fingerprint density at radius 3 is 2.35 bits per heavy atom. The molecule has 0 aliphatic rings. The highest BCUT2D eigenvalue weighted by Gasteiger charge is 2.24. The molecular formula is C18H15BrO3S. The fourth-order valence-corrected chi connectivity index (χ4v) is 3.40. The highest BCUT2D eigenvalue weighted by molar-refractivity contribution is 9.10. The Hall–Kier alpha value is -1.85. The molecule has 0 fully saturated rings. The fourth-order valence-electron chi connectivity index (χ4n) is 1.99. The van der Waals surface area contributed by atoms with Gasteiger partial charge in [0.05, 0.1) is 7.11 Å². The molecule has 0 aliphatic carbocycles. The Labute approximate surface area is 147 Å². The van der Waals surface area contributed by atoms with Crippen molar-refractivity contribution in [1.29, 1.82) is 0 Å². The van der Waals surface area contributed by atoms with E-state index in [1.807, 2.05) is 54.6 Å². The first-order valence-corrected chi connectivity index (χ1v) is 8.54. The van der Waals surface area contributed by atoms with Crippen LogP contribution in [0.5, 0.6) is 0 Å². The minimum atomic E-state index is -0.531. The van der Waals surface area contributed by atoms with Gasteiger partial charge in [0.25, 0.3) is 0 Å². The van der Waals surface area contributed by atoms with Crippen LogP contribution in [0.3, 0.4) is 0 Å². The normalized spacial score (nSPS) is 12.5. The van der Waals surface area contributed by atoms with Crippen molar-refractivity contribution in [2.24, 2.45) is 0 Å². The van der Waals surface area contributed by atoms with Crippen LogP contribution in [0.15, 0.2) is 65.1 Å². The smallest absolute Gasteiger partial charge is 0.323 e. The maximum Gasteiger partial charge on any atom is 0.323 e. The van der Waals surface area contributed by atoms with Crippen LogP contribution in [0.4, 0.5) is 0 Å². The van der Waals surface area contributed by atoms with Gasteiger partial charge in [-0.1, -0.05) is 58.4 Å². The zero-order valence-corrected chi connectivity index (χ0v) is 14.8. The predicted molar refractivity (Wildman–Crippen MR) is 97.0 cm³/mol. The molecule has 0 saturated carbocycles. The van der Waals surface area contributed by atoms with Crippen molar-refractivity contribution >= 4 is 44.9 Å². The van der Waals surface area contributed by atoms with Gasteiger partial charge in [0.15, 0.2) is 0 Å². The zero-order chi connectivity index (χ0) is 16.7. The molecule has 3 nitrogen and oxygen atoms in total. The standard InChI is InChI=1S/C18H15BrO3S/c1-22-18(21)17(14-5-3-2-4-6-14)23-16(11-12-20)13-7-9-15(19)10-8-13/h2-12,17H,1H3/b16-11-. The molecule has 0 aliphatic heterocycles. The van der Waals surface area contributed by atoms with Crippen molar-refractivity contribution in [2.45, 2.75) is 5.25 Å². The summed E-state index contributed by atoms with van der Waals surface area (Å²) in [5.41, 5.74) is 1.70. The second-order valence-electron chi connectivity index (χ2n) is 4.61. The van der Waals surface area contributed by atoms with Crippen LogP contribution in [-0.2, 0) is 14.3 Å². The van der Waals surface area contributed by atoms with Crippen LogP contribution in [0, 0.1) is 0 Å². The van der Waals surface area contributed by atoms with Crippen LogP contribution in [0.25, 0.3) is 4.91 Å². The van der Waals surface area contributed by atoms with E-state index in [9.17, 15) is 9.59 Å². The van der Waals surface area contributed by atoms with Crippen LogP contribution in [-0.4, -0.2) is 19.4 Å². The first-order valence-electron chi connectivity index (χ1n) is 6.86. The Kier molecular flexibility index (Phi) is 6.62. The van der Waals surface area contributed by atoms with Crippen molar-refractivity contribution in [3.8, 4) is 0 Å². The Morgan fingerprint density at radius 1 is 1.13 bits per heavy atom. The third-order valence-electron chi connectivity index (χ3n) is 3.11. The van der Waals surface area contributed by atoms with E-state index in [2.05, 4.69) is 15.9 Å². The largest absolute Gasteiger partial charge is 0.468 e. The zero-order valence-electron chi connectivity index (χ0n) is 12.4. The van der Waals surface area contributed by atoms with Crippen molar-refractivity contribution in [3.63, 3.8) is 0 Å². The monoisotopic (exact) mass is 390 g/mol. The summed E-state index contributed by atoms with van der Waals surface area (Å²) in [4.78, 5) is 23.9. The molecule has 0 bridgehead atoms. The lowest BCUT2D eigenvalue weighted by Crippen LogP contribution is -2.11. The van der Waals surface area contributed by atoms with Gasteiger partial charge < -0.3 is 4.74 Å². The highest BCUT2D eigenvalue weighted by Crippen LogP contribution is 2.40. The predicted octanol–water partition coefficient (Wildman–Crippen LogP) is 4.64. The van der Waals surface area contributed by atoms with Gasteiger partial charge in [0.2, 0.25) is 0 Å². The molecule has 2 rings (SSSR count). The van der Waals surface area contributed by atoms with Gasteiger partial charge in [-0.15, -0.1) is 11.8 Å². The lowest BCUT2D eigenvalue weighted by Gasteiger charge is -2.16. The third-order valence-corrected chi connectivity index (χ3v) is 4.97. The first kappa shape index (κ1) is 17.5. The average molecular weight is 391 g/mol. The second-order valence-corrected chi connectivity index (χ2v) is 6.67. The Balaban J connectivity index is 2.35. The van der Waals surface area contributed by atoms with E-state index in [1.165, 1.54) is 24.9 Å². The van der Waals surface area contributed by atoms with Gasteiger partial charge in [-0.05, 0) is 29.3 Å². The number of rotatable bonds is 6. The summed E-state index contributed by atoms with van der Waals surface area (Å²) in [7, 11) is 1.36. The van der Waals surface area contributed by atoms with E-state index >= 15 is 0 Å². The van der Waals surface area contributed by atoms with Crippen molar-refractivity contribution in [2.75, 3.05) is 7.11 Å². The van der Waals surface area contributed by atoms with Crippen LogP contribution in [0.1, 0.15) is 16.4 Å². The summed E-state index contributed by atoms with van der Waals surface area (Å²) < 4.78 is 5.87. The molecule has 0 saturated heterocycles. The summed E-state index contributed by atoms with van der Waals surface area (Å²) in [6, 6.07) is 16.9. The van der Waals surface area contributed by atoms with Crippen LogP contribution >= 0.6 is 27.7 Å². The number of ether oxygens (including phenoxy) is 1. The number of thioether (sulfide) groups is 1. The number of esters is 1. The SMILES string of the molecule is COC(=O)C(S/C(=C\C=O)c1ccc(Br)cc1)c1ccccc1. The van der Waals surface area contributed by atoms with Gasteiger partial charge in [-0.25, -0.2) is 0 Å². The summed E-state index contributed by atoms with van der Waals surface area (Å²) in [6.45, 7) is 0. The number of allylic oxidation sites excluding steroid dienone is 1. The minimum absolute atomic E-state index is 0.352. The molecule has 0 heterocycles. The van der Waals surface area contributed by atoms with Gasteiger partial charge in [-0.2, -0.15) is 0 Å². The molecule has 0 N–H and O–H groups in total. The lowest BCUT2D eigenvalue weighted by atomic mass is 10.1. The molecule has 2 aromatic carbocycles. The molecular weight excluding hydrogens is 376 g/mol. The van der Waals surface area contributed by atoms with Gasteiger partial charge in [0, 0.05) is 9.38 Å². The summed E-state index contributed by atoms with van der Waals surface area (Å²) >= 11 is 4.68. The van der Waals surface area contributed by atoms with E-state index in [4.69, 9.17) is 4.74 Å². The van der Waals surface area contributed by atoms with Crippen molar-refractivity contribution in [3.05, 3.63) is 76.3 Å². The molecule has 5 heteroatoms. The van der Waals surface area contributed by atoms with E-state index < -0.39 is 5.25 Å². The maximum absolute atomic E-state index is 12.2. The second kappa shape index (κ2) is 8.70. The fraction of sp³-hybridized carbons (Fsp3) is 0.111. The maximum atomic E-state index is 12.2. The molecule has 1 atom stereocenters. The Morgan fingerprint density at radius 2 is 1.78 bits per heavy atom. The highest BCUT2D eigenvalue weighted by atomic mass is 79.9. The molecule has 0 amide bonds. The van der Waals surface area contributed by atoms with E-state index in [0.717, 1.165) is 21.9 Å². The molecule has 0 radical (unpaired) electrons. The summed E-state index contributed by atoms with van der Waals surface area (Å²) in [6.07, 6.45) is 2.19. The molecule has 1 unspecified atom stereocenters. The quantitative estimate of drug-likeness (QED) is 0.409. The van der Waals surface area contributed by atoms with Crippen LogP contribution < -0.4 is 0 Å². The topological polar surface area (TPSA) is 43.4 Å². The molecule has 118 valence electrons. The number of aldehydes is 1. The Bertz CT molecular complexity index is 696. The number of benzene rings is 2. The number of carbonyl (C=O) groups excluding carboxylic acids is 2.